The first-order chi connectivity index (χ1) is 8.83. The van der Waals surface area contributed by atoms with Crippen LogP contribution in [0.3, 0.4) is 0 Å². The molecule has 0 saturated heterocycles. The summed E-state index contributed by atoms with van der Waals surface area (Å²) in [6.45, 7) is 0. The van der Waals surface area contributed by atoms with E-state index in [0.717, 1.165) is 9.99 Å². The van der Waals surface area contributed by atoms with Gasteiger partial charge in [-0.05, 0) is 0 Å². The van der Waals surface area contributed by atoms with E-state index in [0.29, 0.717) is 15.0 Å². The van der Waals surface area contributed by atoms with Gasteiger partial charge >= 0.3 is 121 Å². The summed E-state index contributed by atoms with van der Waals surface area (Å²) in [5.41, 5.74) is 1.13. The molecule has 3 heteroatoms. The summed E-state index contributed by atoms with van der Waals surface area (Å²) in [5, 5.41) is 1.22. The van der Waals surface area contributed by atoms with Crippen molar-refractivity contribution in [2.75, 3.05) is 0 Å². The Labute approximate surface area is 121 Å². The Hall–Kier alpha value is -1.15. The summed E-state index contributed by atoms with van der Waals surface area (Å²) in [6, 6.07) is 19.0. The summed E-state index contributed by atoms with van der Waals surface area (Å²) >= 11 is 3.77. The Morgan fingerprint density at radius 2 is 1.67 bits per heavy atom. The molecule has 0 N–H and O–H groups in total. The second-order valence-electron chi connectivity index (χ2n) is 3.89. The minimum atomic E-state index is 0.300. The number of pyridine rings is 1. The molecule has 0 radical (unpaired) electrons. The van der Waals surface area contributed by atoms with Crippen molar-refractivity contribution >= 4 is 50.7 Å². The monoisotopic (exact) mass is 363 g/mol. The molecule has 0 bridgehead atoms. The fourth-order valence-electron chi connectivity index (χ4n) is 1.79. The predicted octanol–water partition coefficient (Wildman–Crippen LogP) is 2.65. The van der Waals surface area contributed by atoms with E-state index in [1.807, 2.05) is 12.3 Å². The van der Waals surface area contributed by atoms with Crippen molar-refractivity contribution in [2.24, 2.45) is 0 Å². The van der Waals surface area contributed by atoms with Gasteiger partial charge in [0.05, 0.1) is 0 Å². The molecule has 0 fully saturated rings. The average Bonchev–Trinajstić information content (AvgIpc) is 2.42. The van der Waals surface area contributed by atoms with Crippen LogP contribution in [-0.2, 0) is 0 Å². The third-order valence-corrected chi connectivity index (χ3v) is 5.38. The molecule has 1 aromatic heterocycles. The molecule has 88 valence electrons. The van der Waals surface area contributed by atoms with Crippen molar-refractivity contribution in [3.8, 4) is 0 Å². The van der Waals surface area contributed by atoms with Gasteiger partial charge in [-0.1, -0.05) is 0 Å². The first-order valence-electron chi connectivity index (χ1n) is 5.60. The first-order valence-corrected chi connectivity index (χ1v) is 8.11. The van der Waals surface area contributed by atoms with Crippen LogP contribution in [0.1, 0.15) is 0 Å². The SMILES string of the molecule is Brc1ccc([Se]c2cccc3cccnc23)cc1. The average molecular weight is 363 g/mol. The quantitative estimate of drug-likeness (QED) is 0.638. The molecule has 0 amide bonds. The Balaban J connectivity index is 2.02. The van der Waals surface area contributed by atoms with Crippen LogP contribution >= 0.6 is 15.9 Å². The number of para-hydroxylation sites is 1. The summed E-state index contributed by atoms with van der Waals surface area (Å²) in [6.07, 6.45) is 1.86. The second-order valence-corrected chi connectivity index (χ2v) is 7.14. The molecule has 0 aliphatic rings. The van der Waals surface area contributed by atoms with Crippen molar-refractivity contribution < 1.29 is 0 Å². The number of hydrogen-bond acceptors (Lipinski definition) is 1. The maximum absolute atomic E-state index is 4.50. The number of rotatable bonds is 2. The fraction of sp³-hybridized carbons (Fsp3) is 0. The molecule has 0 aliphatic carbocycles. The van der Waals surface area contributed by atoms with Gasteiger partial charge in [0, 0.05) is 0 Å². The van der Waals surface area contributed by atoms with E-state index in [1.165, 1.54) is 14.3 Å². The molecule has 2 aromatic carbocycles. The van der Waals surface area contributed by atoms with Gasteiger partial charge in [0.15, 0.2) is 0 Å². The van der Waals surface area contributed by atoms with Gasteiger partial charge in [-0.25, -0.2) is 0 Å². The molecule has 0 atom stereocenters. The third-order valence-electron chi connectivity index (χ3n) is 2.64. The van der Waals surface area contributed by atoms with E-state index in [1.54, 1.807) is 0 Å². The molecule has 18 heavy (non-hydrogen) atoms. The van der Waals surface area contributed by atoms with Crippen molar-refractivity contribution in [3.05, 3.63) is 65.3 Å². The van der Waals surface area contributed by atoms with Crippen LogP contribution in [0.15, 0.2) is 65.3 Å². The van der Waals surface area contributed by atoms with Crippen LogP contribution in [-0.4, -0.2) is 19.9 Å². The predicted molar refractivity (Wildman–Crippen MR) is 80.9 cm³/mol. The summed E-state index contributed by atoms with van der Waals surface area (Å²) < 4.78 is 3.82. The Morgan fingerprint density at radius 1 is 0.889 bits per heavy atom. The van der Waals surface area contributed by atoms with Crippen LogP contribution in [0.25, 0.3) is 10.9 Å². The van der Waals surface area contributed by atoms with Crippen molar-refractivity contribution in [2.45, 2.75) is 0 Å². The molecule has 0 unspecified atom stereocenters. The Kier molecular flexibility index (Phi) is 3.46. The van der Waals surface area contributed by atoms with Crippen LogP contribution in [0.4, 0.5) is 0 Å². The molecular weight excluding hydrogens is 353 g/mol. The molecule has 0 saturated carbocycles. The van der Waals surface area contributed by atoms with E-state index in [4.69, 9.17) is 0 Å². The molecule has 1 heterocycles. The van der Waals surface area contributed by atoms with Crippen LogP contribution in [0.2, 0.25) is 0 Å². The zero-order valence-electron chi connectivity index (χ0n) is 9.51. The molecule has 0 spiro atoms. The van der Waals surface area contributed by atoms with Crippen LogP contribution in [0, 0.1) is 0 Å². The zero-order chi connectivity index (χ0) is 12.4. The van der Waals surface area contributed by atoms with E-state index in [-0.39, 0.29) is 0 Å². The third kappa shape index (κ3) is 2.49. The topological polar surface area (TPSA) is 12.9 Å². The Bertz CT molecular complexity index is 674. The number of hydrogen-bond donors (Lipinski definition) is 0. The number of aromatic nitrogens is 1. The minimum absolute atomic E-state index is 0.300. The molecule has 0 aliphatic heterocycles. The van der Waals surface area contributed by atoms with E-state index in [9.17, 15) is 0 Å². The van der Waals surface area contributed by atoms with E-state index in [2.05, 4.69) is 69.4 Å². The van der Waals surface area contributed by atoms with Crippen molar-refractivity contribution in [1.82, 2.24) is 4.98 Å². The standard InChI is InChI=1S/C15H10BrNSe/c16-12-6-8-13(9-7-12)18-14-5-1-3-11-4-2-10-17-15(11)14/h1-10H. The number of fused-ring (bicyclic) bond motifs is 1. The van der Waals surface area contributed by atoms with Gasteiger partial charge in [0.2, 0.25) is 0 Å². The van der Waals surface area contributed by atoms with Gasteiger partial charge in [-0.15, -0.1) is 0 Å². The van der Waals surface area contributed by atoms with Crippen LogP contribution in [0.5, 0.6) is 0 Å². The van der Waals surface area contributed by atoms with E-state index >= 15 is 0 Å². The number of halogens is 1. The van der Waals surface area contributed by atoms with Crippen molar-refractivity contribution in [1.29, 1.82) is 0 Å². The van der Waals surface area contributed by atoms with Gasteiger partial charge in [-0.2, -0.15) is 0 Å². The second kappa shape index (κ2) is 5.23. The van der Waals surface area contributed by atoms with Crippen molar-refractivity contribution in [3.63, 3.8) is 0 Å². The summed E-state index contributed by atoms with van der Waals surface area (Å²) in [7, 11) is 0. The number of benzene rings is 2. The molecule has 3 rings (SSSR count). The normalized spacial score (nSPS) is 10.7. The zero-order valence-corrected chi connectivity index (χ0v) is 12.8. The summed E-state index contributed by atoms with van der Waals surface area (Å²) in [5.74, 6) is 0. The maximum atomic E-state index is 4.50. The Morgan fingerprint density at radius 3 is 2.50 bits per heavy atom. The van der Waals surface area contributed by atoms with E-state index < -0.39 is 0 Å². The first kappa shape index (κ1) is 11.9. The molecule has 1 nitrogen and oxygen atoms in total. The van der Waals surface area contributed by atoms with Gasteiger partial charge in [-0.3, -0.25) is 0 Å². The molecular formula is C15H10BrNSe. The van der Waals surface area contributed by atoms with Gasteiger partial charge < -0.3 is 0 Å². The fourth-order valence-corrected chi connectivity index (χ4v) is 4.02. The number of nitrogens with zero attached hydrogens (tertiary/aromatic N) is 1. The van der Waals surface area contributed by atoms with Gasteiger partial charge in [0.25, 0.3) is 0 Å². The summed E-state index contributed by atoms with van der Waals surface area (Å²) in [4.78, 5) is 4.50. The van der Waals surface area contributed by atoms with Crippen LogP contribution < -0.4 is 8.92 Å². The molecule has 3 aromatic rings. The van der Waals surface area contributed by atoms with Gasteiger partial charge in [0.1, 0.15) is 0 Å².